The van der Waals surface area contributed by atoms with Crippen molar-refractivity contribution in [2.24, 2.45) is 0 Å². The van der Waals surface area contributed by atoms with Crippen molar-refractivity contribution in [1.29, 1.82) is 0 Å². The Morgan fingerprint density at radius 1 is 1.07 bits per heavy atom. The third kappa shape index (κ3) is 1.78. The molecule has 1 heteroatoms. The SMILES string of the molecule is CC(=O)c1cc(C)c2cc(C)ccc2c1. The second-order valence-corrected chi connectivity index (χ2v) is 4.07. The van der Waals surface area contributed by atoms with Crippen molar-refractivity contribution in [3.8, 4) is 0 Å². The molecule has 0 N–H and O–H groups in total. The molecule has 0 aliphatic carbocycles. The van der Waals surface area contributed by atoms with Crippen LogP contribution in [0.4, 0.5) is 0 Å². The number of aryl methyl sites for hydroxylation is 2. The van der Waals surface area contributed by atoms with Gasteiger partial charge in [0, 0.05) is 5.56 Å². The number of hydrogen-bond donors (Lipinski definition) is 0. The van der Waals surface area contributed by atoms with Gasteiger partial charge in [-0.15, -0.1) is 0 Å². The molecule has 0 atom stereocenters. The molecule has 2 rings (SSSR count). The van der Waals surface area contributed by atoms with Crippen LogP contribution in [0.2, 0.25) is 0 Å². The van der Waals surface area contributed by atoms with Gasteiger partial charge in [0.05, 0.1) is 0 Å². The van der Waals surface area contributed by atoms with Crippen LogP contribution in [-0.4, -0.2) is 5.78 Å². The molecule has 15 heavy (non-hydrogen) atoms. The fourth-order valence-corrected chi connectivity index (χ4v) is 1.86. The standard InChI is InChI=1S/C14H14O/c1-9-4-5-12-8-13(11(3)15)7-10(2)14(12)6-9/h4-8H,1-3H3. The van der Waals surface area contributed by atoms with Crippen LogP contribution in [0.3, 0.4) is 0 Å². The van der Waals surface area contributed by atoms with Crippen molar-refractivity contribution < 1.29 is 4.79 Å². The Bertz CT molecular complexity index is 538. The van der Waals surface area contributed by atoms with Crippen molar-refractivity contribution in [3.63, 3.8) is 0 Å². The Kier molecular flexibility index (Phi) is 2.31. The third-order valence-electron chi connectivity index (χ3n) is 2.72. The first-order chi connectivity index (χ1) is 7.08. The molecule has 0 fully saturated rings. The van der Waals surface area contributed by atoms with E-state index in [1.54, 1.807) is 6.92 Å². The molecular formula is C14H14O. The molecule has 0 radical (unpaired) electrons. The van der Waals surface area contributed by atoms with E-state index in [4.69, 9.17) is 0 Å². The van der Waals surface area contributed by atoms with Crippen molar-refractivity contribution in [2.45, 2.75) is 20.8 Å². The van der Waals surface area contributed by atoms with Gasteiger partial charge in [-0.25, -0.2) is 0 Å². The number of carbonyl (C=O) groups is 1. The number of carbonyl (C=O) groups excluding carboxylic acids is 1. The van der Waals surface area contributed by atoms with Crippen LogP contribution in [0.5, 0.6) is 0 Å². The van der Waals surface area contributed by atoms with Gasteiger partial charge >= 0.3 is 0 Å². The minimum Gasteiger partial charge on any atom is -0.295 e. The fourth-order valence-electron chi connectivity index (χ4n) is 1.86. The van der Waals surface area contributed by atoms with E-state index in [-0.39, 0.29) is 5.78 Å². The highest BCUT2D eigenvalue weighted by atomic mass is 16.1. The van der Waals surface area contributed by atoms with E-state index in [9.17, 15) is 4.79 Å². The van der Waals surface area contributed by atoms with Gasteiger partial charge in [0.2, 0.25) is 0 Å². The summed E-state index contributed by atoms with van der Waals surface area (Å²) < 4.78 is 0. The fraction of sp³-hybridized carbons (Fsp3) is 0.214. The van der Waals surface area contributed by atoms with Gasteiger partial charge in [-0.3, -0.25) is 4.79 Å². The summed E-state index contributed by atoms with van der Waals surface area (Å²) >= 11 is 0. The van der Waals surface area contributed by atoms with Crippen LogP contribution >= 0.6 is 0 Å². The van der Waals surface area contributed by atoms with Gasteiger partial charge < -0.3 is 0 Å². The highest BCUT2D eigenvalue weighted by Gasteiger charge is 2.04. The molecule has 0 saturated carbocycles. The number of benzene rings is 2. The molecule has 0 unspecified atom stereocenters. The molecule has 1 nitrogen and oxygen atoms in total. The molecule has 2 aromatic carbocycles. The van der Waals surface area contributed by atoms with Gasteiger partial charge in [0.1, 0.15) is 0 Å². The molecule has 0 spiro atoms. The predicted octanol–water partition coefficient (Wildman–Crippen LogP) is 3.66. The van der Waals surface area contributed by atoms with Crippen LogP contribution < -0.4 is 0 Å². The summed E-state index contributed by atoms with van der Waals surface area (Å²) in [5.41, 5.74) is 3.21. The number of hydrogen-bond acceptors (Lipinski definition) is 1. The Morgan fingerprint density at radius 3 is 2.47 bits per heavy atom. The zero-order valence-electron chi connectivity index (χ0n) is 9.29. The smallest absolute Gasteiger partial charge is 0.159 e. The Hall–Kier alpha value is -1.63. The average molecular weight is 198 g/mol. The zero-order chi connectivity index (χ0) is 11.0. The number of fused-ring (bicyclic) bond motifs is 1. The lowest BCUT2D eigenvalue weighted by Gasteiger charge is -2.06. The quantitative estimate of drug-likeness (QED) is 0.639. The summed E-state index contributed by atoms with van der Waals surface area (Å²) in [6, 6.07) is 10.2. The van der Waals surface area contributed by atoms with Crippen molar-refractivity contribution in [1.82, 2.24) is 0 Å². The first-order valence-electron chi connectivity index (χ1n) is 5.10. The summed E-state index contributed by atoms with van der Waals surface area (Å²) in [6.45, 7) is 5.74. The van der Waals surface area contributed by atoms with Gasteiger partial charge in [-0.1, -0.05) is 23.8 Å². The normalized spacial score (nSPS) is 10.6. The van der Waals surface area contributed by atoms with Crippen molar-refractivity contribution in [3.05, 3.63) is 47.0 Å². The number of rotatable bonds is 1. The second kappa shape index (κ2) is 3.50. The topological polar surface area (TPSA) is 17.1 Å². The Labute approximate surface area is 89.7 Å². The Morgan fingerprint density at radius 2 is 1.80 bits per heavy atom. The van der Waals surface area contributed by atoms with Crippen molar-refractivity contribution >= 4 is 16.6 Å². The number of ketones is 1. The van der Waals surface area contributed by atoms with Gasteiger partial charge in [0.25, 0.3) is 0 Å². The first-order valence-corrected chi connectivity index (χ1v) is 5.10. The molecule has 2 aromatic rings. The molecule has 0 bridgehead atoms. The van der Waals surface area contributed by atoms with Gasteiger partial charge in [-0.05, 0) is 49.2 Å². The van der Waals surface area contributed by atoms with Crippen LogP contribution in [0.25, 0.3) is 10.8 Å². The molecule has 0 aliphatic heterocycles. The van der Waals surface area contributed by atoms with Crippen LogP contribution in [0.1, 0.15) is 28.4 Å². The molecule has 76 valence electrons. The van der Waals surface area contributed by atoms with E-state index in [0.29, 0.717) is 0 Å². The summed E-state index contributed by atoms with van der Waals surface area (Å²) in [6.07, 6.45) is 0. The lowest BCUT2D eigenvalue weighted by molar-refractivity contribution is 0.101. The highest BCUT2D eigenvalue weighted by molar-refractivity contribution is 5.99. The maximum Gasteiger partial charge on any atom is 0.159 e. The van der Waals surface area contributed by atoms with Crippen LogP contribution in [0.15, 0.2) is 30.3 Å². The molecular weight excluding hydrogens is 184 g/mol. The maximum atomic E-state index is 11.3. The van der Waals surface area contributed by atoms with E-state index >= 15 is 0 Å². The van der Waals surface area contributed by atoms with E-state index in [1.165, 1.54) is 16.5 Å². The van der Waals surface area contributed by atoms with Crippen LogP contribution in [0, 0.1) is 13.8 Å². The molecule has 0 saturated heterocycles. The zero-order valence-corrected chi connectivity index (χ0v) is 9.29. The second-order valence-electron chi connectivity index (χ2n) is 4.07. The average Bonchev–Trinajstić information content (AvgIpc) is 2.18. The highest BCUT2D eigenvalue weighted by Crippen LogP contribution is 2.22. The number of Topliss-reactive ketones (excluding diaryl/α,β-unsaturated/α-hetero) is 1. The van der Waals surface area contributed by atoms with E-state index in [2.05, 4.69) is 25.1 Å². The lowest BCUT2D eigenvalue weighted by Crippen LogP contribution is -1.93. The predicted molar refractivity (Wildman–Crippen MR) is 63.4 cm³/mol. The maximum absolute atomic E-state index is 11.3. The molecule has 0 heterocycles. The van der Waals surface area contributed by atoms with Crippen LogP contribution in [-0.2, 0) is 0 Å². The van der Waals surface area contributed by atoms with E-state index in [1.807, 2.05) is 19.1 Å². The molecule has 0 amide bonds. The summed E-state index contributed by atoms with van der Waals surface area (Å²) in [5.74, 6) is 0.126. The van der Waals surface area contributed by atoms with E-state index in [0.717, 1.165) is 10.9 Å². The summed E-state index contributed by atoms with van der Waals surface area (Å²) in [7, 11) is 0. The van der Waals surface area contributed by atoms with Gasteiger partial charge in [-0.2, -0.15) is 0 Å². The minimum absolute atomic E-state index is 0.126. The van der Waals surface area contributed by atoms with Gasteiger partial charge in [0.15, 0.2) is 5.78 Å². The summed E-state index contributed by atoms with van der Waals surface area (Å²) in [4.78, 5) is 11.3. The molecule has 0 aliphatic rings. The monoisotopic (exact) mass is 198 g/mol. The lowest BCUT2D eigenvalue weighted by atomic mass is 9.99. The minimum atomic E-state index is 0.126. The first kappa shape index (κ1) is 9.91. The Balaban J connectivity index is 2.78. The van der Waals surface area contributed by atoms with Crippen molar-refractivity contribution in [2.75, 3.05) is 0 Å². The third-order valence-corrected chi connectivity index (χ3v) is 2.72. The summed E-state index contributed by atoms with van der Waals surface area (Å²) in [5, 5.41) is 2.38. The largest absolute Gasteiger partial charge is 0.295 e. The van der Waals surface area contributed by atoms with E-state index < -0.39 is 0 Å². The molecule has 0 aromatic heterocycles.